The lowest BCUT2D eigenvalue weighted by molar-refractivity contribution is -0.137. The van der Waals surface area contributed by atoms with Gasteiger partial charge in [-0.25, -0.2) is 8.42 Å². The van der Waals surface area contributed by atoms with Gasteiger partial charge in [0.1, 0.15) is 0 Å². The summed E-state index contributed by atoms with van der Waals surface area (Å²) >= 11 is 0. The highest BCUT2D eigenvalue weighted by Gasteiger charge is 2.49. The van der Waals surface area contributed by atoms with Gasteiger partial charge in [-0.05, 0) is 70.6 Å². The third-order valence-corrected chi connectivity index (χ3v) is 8.07. The number of hydrogen-bond acceptors (Lipinski definition) is 4. The fourth-order valence-electron chi connectivity index (χ4n) is 4.12. The number of anilines is 1. The van der Waals surface area contributed by atoms with Gasteiger partial charge in [-0.15, -0.1) is 0 Å². The van der Waals surface area contributed by atoms with Gasteiger partial charge in [-0.3, -0.25) is 9.52 Å². The molecule has 6 nitrogen and oxygen atoms in total. The van der Waals surface area contributed by atoms with Crippen LogP contribution in [0.1, 0.15) is 68.3 Å². The molecule has 3 saturated carbocycles. The van der Waals surface area contributed by atoms with E-state index < -0.39 is 38.5 Å². The summed E-state index contributed by atoms with van der Waals surface area (Å²) in [7, 11) is -3.86. The standard InChI is InChI=1S/C20H24F3N3O3S/c1-13(2)30(28,29)26-16-4-3-14(20(21,22)23)11-15(16)17(27)25-19-8-5-18(12-24,6-9-19)7-10-19/h3-4,11,13,26H,5-10H2,1-2H3,(H,25,27). The van der Waals surface area contributed by atoms with Crippen LogP contribution in [0.15, 0.2) is 18.2 Å². The summed E-state index contributed by atoms with van der Waals surface area (Å²) in [6.07, 6.45) is -1.10. The number of sulfonamides is 1. The molecule has 0 spiro atoms. The Hall–Kier alpha value is -2.28. The molecule has 3 aliphatic carbocycles. The van der Waals surface area contributed by atoms with Gasteiger partial charge in [-0.2, -0.15) is 18.4 Å². The Morgan fingerprint density at radius 1 is 1.13 bits per heavy atom. The van der Waals surface area contributed by atoms with Gasteiger partial charge in [0.15, 0.2) is 0 Å². The summed E-state index contributed by atoms with van der Waals surface area (Å²) in [6.45, 7) is 2.85. The Labute approximate surface area is 173 Å². The molecule has 30 heavy (non-hydrogen) atoms. The van der Waals surface area contributed by atoms with E-state index in [2.05, 4.69) is 16.1 Å². The zero-order chi connectivity index (χ0) is 22.4. The van der Waals surface area contributed by atoms with Crippen molar-refractivity contribution in [1.82, 2.24) is 5.32 Å². The Morgan fingerprint density at radius 3 is 2.17 bits per heavy atom. The maximum absolute atomic E-state index is 13.2. The third kappa shape index (κ3) is 4.26. The van der Waals surface area contributed by atoms with E-state index in [0.29, 0.717) is 44.6 Å². The lowest BCUT2D eigenvalue weighted by Crippen LogP contribution is -2.56. The van der Waals surface area contributed by atoms with Crippen LogP contribution in [0.2, 0.25) is 0 Å². The summed E-state index contributed by atoms with van der Waals surface area (Å²) in [4.78, 5) is 13.0. The highest BCUT2D eigenvalue weighted by molar-refractivity contribution is 7.93. The van der Waals surface area contributed by atoms with Crippen LogP contribution in [0.25, 0.3) is 0 Å². The van der Waals surface area contributed by atoms with Crippen molar-refractivity contribution in [3.05, 3.63) is 29.3 Å². The number of nitrogens with one attached hydrogen (secondary N) is 2. The number of carbonyl (C=O) groups excluding carboxylic acids is 1. The molecule has 164 valence electrons. The molecule has 0 saturated heterocycles. The van der Waals surface area contributed by atoms with Crippen LogP contribution in [0.5, 0.6) is 0 Å². The fourth-order valence-corrected chi connectivity index (χ4v) is 4.84. The summed E-state index contributed by atoms with van der Waals surface area (Å²) in [5.74, 6) is -0.756. The van der Waals surface area contributed by atoms with Crippen LogP contribution in [0.4, 0.5) is 18.9 Å². The molecule has 2 N–H and O–H groups in total. The first kappa shape index (κ1) is 22.4. The van der Waals surface area contributed by atoms with Gasteiger partial charge in [-0.1, -0.05) is 0 Å². The van der Waals surface area contributed by atoms with Crippen molar-refractivity contribution in [3.63, 3.8) is 0 Å². The number of nitrogens with zero attached hydrogens (tertiary/aromatic N) is 1. The van der Waals surface area contributed by atoms with Crippen molar-refractivity contribution in [2.75, 3.05) is 4.72 Å². The van der Waals surface area contributed by atoms with Crippen LogP contribution < -0.4 is 10.0 Å². The number of halogens is 3. The smallest absolute Gasteiger partial charge is 0.347 e. The number of hydrogen-bond donors (Lipinski definition) is 2. The van der Waals surface area contributed by atoms with E-state index in [1.165, 1.54) is 13.8 Å². The van der Waals surface area contributed by atoms with Crippen LogP contribution in [0.3, 0.4) is 0 Å². The molecule has 0 unspecified atom stereocenters. The summed E-state index contributed by atoms with van der Waals surface area (Å²) in [6, 6.07) is 4.75. The van der Waals surface area contributed by atoms with Crippen LogP contribution in [0, 0.1) is 16.7 Å². The summed E-state index contributed by atoms with van der Waals surface area (Å²) in [5.41, 5.74) is -2.55. The molecule has 2 bridgehead atoms. The van der Waals surface area contributed by atoms with E-state index in [-0.39, 0.29) is 16.7 Å². The molecule has 4 rings (SSSR count). The molecule has 0 radical (unpaired) electrons. The van der Waals surface area contributed by atoms with Crippen molar-refractivity contribution < 1.29 is 26.4 Å². The molecule has 3 fully saturated rings. The summed E-state index contributed by atoms with van der Waals surface area (Å²) < 4.78 is 66.4. The average Bonchev–Trinajstić information content (AvgIpc) is 2.68. The van der Waals surface area contributed by atoms with Crippen molar-refractivity contribution in [3.8, 4) is 6.07 Å². The Balaban J connectivity index is 1.92. The van der Waals surface area contributed by atoms with E-state index in [4.69, 9.17) is 0 Å². The SMILES string of the molecule is CC(C)S(=O)(=O)Nc1ccc(C(F)(F)F)cc1C(=O)NC12CCC(C#N)(CC1)CC2. The molecule has 1 aromatic carbocycles. The van der Waals surface area contributed by atoms with Crippen molar-refractivity contribution in [2.24, 2.45) is 5.41 Å². The first-order chi connectivity index (χ1) is 13.8. The van der Waals surface area contributed by atoms with E-state index in [9.17, 15) is 31.6 Å². The third-order valence-electron chi connectivity index (χ3n) is 6.33. The number of fused-ring (bicyclic) bond motifs is 3. The molecule has 3 aliphatic rings. The molecular formula is C20H24F3N3O3S. The average molecular weight is 443 g/mol. The normalized spacial score (nSPS) is 26.3. The Kier molecular flexibility index (Phi) is 5.56. The second-order valence-electron chi connectivity index (χ2n) is 8.58. The zero-order valence-corrected chi connectivity index (χ0v) is 17.6. The lowest BCUT2D eigenvalue weighted by atomic mass is 9.58. The lowest BCUT2D eigenvalue weighted by Gasteiger charge is -2.50. The Morgan fingerprint density at radius 2 is 1.70 bits per heavy atom. The number of alkyl halides is 3. The minimum atomic E-state index is -4.68. The van der Waals surface area contributed by atoms with E-state index >= 15 is 0 Å². The first-order valence-electron chi connectivity index (χ1n) is 9.78. The highest BCUT2D eigenvalue weighted by Crippen LogP contribution is 2.52. The zero-order valence-electron chi connectivity index (χ0n) is 16.8. The van der Waals surface area contributed by atoms with E-state index in [0.717, 1.165) is 12.1 Å². The molecule has 0 aromatic heterocycles. The molecule has 0 aliphatic heterocycles. The van der Waals surface area contributed by atoms with Crippen LogP contribution in [-0.2, 0) is 16.2 Å². The predicted octanol–water partition coefficient (Wildman–Crippen LogP) is 4.20. The minimum Gasteiger partial charge on any atom is -0.347 e. The molecule has 1 aromatic rings. The van der Waals surface area contributed by atoms with Crippen LogP contribution in [-0.4, -0.2) is 25.1 Å². The second kappa shape index (κ2) is 7.45. The molecule has 0 atom stereocenters. The number of nitriles is 1. The molecular weight excluding hydrogens is 419 g/mol. The second-order valence-corrected chi connectivity index (χ2v) is 10.8. The molecule has 10 heteroatoms. The molecule has 1 amide bonds. The Bertz CT molecular complexity index is 972. The van der Waals surface area contributed by atoms with Crippen LogP contribution >= 0.6 is 0 Å². The highest BCUT2D eigenvalue weighted by atomic mass is 32.2. The topological polar surface area (TPSA) is 99.1 Å². The predicted molar refractivity (Wildman–Crippen MR) is 105 cm³/mol. The number of amides is 1. The number of benzene rings is 1. The van der Waals surface area contributed by atoms with Gasteiger partial charge < -0.3 is 5.32 Å². The van der Waals surface area contributed by atoms with Crippen molar-refractivity contribution in [1.29, 1.82) is 5.26 Å². The largest absolute Gasteiger partial charge is 0.416 e. The fraction of sp³-hybridized carbons (Fsp3) is 0.600. The first-order valence-corrected chi connectivity index (χ1v) is 11.3. The van der Waals surface area contributed by atoms with E-state index in [1.54, 1.807) is 0 Å². The number of carbonyl (C=O) groups is 1. The van der Waals surface area contributed by atoms with Crippen molar-refractivity contribution >= 4 is 21.6 Å². The number of rotatable bonds is 5. The van der Waals surface area contributed by atoms with Gasteiger partial charge in [0, 0.05) is 5.54 Å². The maximum atomic E-state index is 13.2. The maximum Gasteiger partial charge on any atom is 0.416 e. The molecule has 0 heterocycles. The van der Waals surface area contributed by atoms with Gasteiger partial charge in [0.25, 0.3) is 5.91 Å². The minimum absolute atomic E-state index is 0.191. The van der Waals surface area contributed by atoms with Gasteiger partial charge in [0.05, 0.1) is 33.5 Å². The van der Waals surface area contributed by atoms with Crippen molar-refractivity contribution in [2.45, 2.75) is 69.3 Å². The van der Waals surface area contributed by atoms with Gasteiger partial charge >= 0.3 is 6.18 Å². The summed E-state index contributed by atoms with van der Waals surface area (Å²) in [5, 5.41) is 11.4. The van der Waals surface area contributed by atoms with E-state index in [1.807, 2.05) is 0 Å². The van der Waals surface area contributed by atoms with Gasteiger partial charge in [0.2, 0.25) is 10.0 Å². The quantitative estimate of drug-likeness (QED) is 0.712. The monoisotopic (exact) mass is 443 g/mol.